The molecule has 0 atom stereocenters. The van der Waals surface area contributed by atoms with Crippen molar-refractivity contribution < 1.29 is 4.79 Å². The highest BCUT2D eigenvalue weighted by Crippen LogP contribution is 2.14. The third-order valence-corrected chi connectivity index (χ3v) is 4.42. The Bertz CT molecular complexity index is 975. The van der Waals surface area contributed by atoms with Crippen molar-refractivity contribution in [3.63, 3.8) is 0 Å². The molecule has 0 saturated carbocycles. The fourth-order valence-corrected chi connectivity index (χ4v) is 2.96. The van der Waals surface area contributed by atoms with E-state index < -0.39 is 0 Å². The topological polar surface area (TPSA) is 82.7 Å². The predicted octanol–water partition coefficient (Wildman–Crippen LogP) is 3.23. The highest BCUT2D eigenvalue weighted by Gasteiger charge is 2.05. The van der Waals surface area contributed by atoms with Crippen LogP contribution in [0, 0.1) is 11.3 Å². The number of hydrogen-bond donors (Lipinski definition) is 2. The van der Waals surface area contributed by atoms with E-state index in [-0.39, 0.29) is 12.5 Å². The number of rotatable bonds is 8. The van der Waals surface area contributed by atoms with Gasteiger partial charge in [0.25, 0.3) is 0 Å². The van der Waals surface area contributed by atoms with Gasteiger partial charge in [0.15, 0.2) is 0 Å². The summed E-state index contributed by atoms with van der Waals surface area (Å²) in [5.74, 6) is -0.117. The Hall–Kier alpha value is -3.14. The molecule has 28 heavy (non-hydrogen) atoms. The Morgan fingerprint density at radius 2 is 2.04 bits per heavy atom. The van der Waals surface area contributed by atoms with Crippen LogP contribution >= 0.6 is 11.6 Å². The second-order valence-corrected chi connectivity index (χ2v) is 6.74. The summed E-state index contributed by atoms with van der Waals surface area (Å²) < 4.78 is 2.06. The summed E-state index contributed by atoms with van der Waals surface area (Å²) >= 11 is 5.91. The Kier molecular flexibility index (Phi) is 6.79. The molecule has 0 aliphatic rings. The molecule has 0 radical (unpaired) electrons. The molecular formula is C21H20ClN5O. The Balaban J connectivity index is 1.44. The molecular weight excluding hydrogens is 374 g/mol. The number of nitrogens with zero attached hydrogens (tertiary/aromatic N) is 3. The van der Waals surface area contributed by atoms with Gasteiger partial charge < -0.3 is 15.2 Å². The number of nitrogens with one attached hydrogen (secondary N) is 2. The van der Waals surface area contributed by atoms with E-state index in [9.17, 15) is 4.79 Å². The predicted molar refractivity (Wildman–Crippen MR) is 109 cm³/mol. The van der Waals surface area contributed by atoms with Crippen molar-refractivity contribution in [3.05, 3.63) is 82.9 Å². The molecule has 0 saturated heterocycles. The number of anilines is 1. The second kappa shape index (κ2) is 9.70. The maximum absolute atomic E-state index is 12.0. The van der Waals surface area contributed by atoms with Crippen molar-refractivity contribution in [1.29, 1.82) is 5.26 Å². The van der Waals surface area contributed by atoms with Crippen LogP contribution in [0.15, 0.2) is 61.1 Å². The van der Waals surface area contributed by atoms with Crippen LogP contribution in [0.1, 0.15) is 16.8 Å². The van der Waals surface area contributed by atoms with Crippen LogP contribution in [-0.4, -0.2) is 28.5 Å². The fourth-order valence-electron chi connectivity index (χ4n) is 2.77. The van der Waals surface area contributed by atoms with Crippen molar-refractivity contribution in [2.24, 2.45) is 0 Å². The molecule has 2 aromatic carbocycles. The number of halogens is 1. The highest BCUT2D eigenvalue weighted by molar-refractivity contribution is 6.30. The molecule has 1 aromatic heterocycles. The lowest BCUT2D eigenvalue weighted by Gasteiger charge is -2.10. The zero-order chi connectivity index (χ0) is 19.8. The number of imidazole rings is 1. The Morgan fingerprint density at radius 3 is 2.79 bits per heavy atom. The van der Waals surface area contributed by atoms with Crippen molar-refractivity contribution in [2.75, 3.05) is 18.4 Å². The lowest BCUT2D eigenvalue weighted by Crippen LogP contribution is -2.29. The number of hydrogen-bond acceptors (Lipinski definition) is 4. The van der Waals surface area contributed by atoms with E-state index in [2.05, 4.69) is 26.3 Å². The minimum atomic E-state index is -0.117. The number of carbonyl (C=O) groups is 1. The first-order chi connectivity index (χ1) is 13.6. The van der Waals surface area contributed by atoms with Gasteiger partial charge in [0.1, 0.15) is 0 Å². The number of carbonyl (C=O) groups excluding carboxylic acids is 1. The molecule has 1 amide bonds. The van der Waals surface area contributed by atoms with Gasteiger partial charge >= 0.3 is 0 Å². The van der Waals surface area contributed by atoms with Crippen LogP contribution in [0.5, 0.6) is 0 Å². The molecule has 0 spiro atoms. The van der Waals surface area contributed by atoms with Gasteiger partial charge in [-0.2, -0.15) is 5.26 Å². The quantitative estimate of drug-likeness (QED) is 0.575. The summed E-state index contributed by atoms with van der Waals surface area (Å²) in [4.78, 5) is 16.2. The molecule has 0 unspecified atom stereocenters. The first kappa shape index (κ1) is 19.6. The molecule has 6 nitrogen and oxygen atoms in total. The van der Waals surface area contributed by atoms with E-state index in [1.807, 2.05) is 30.5 Å². The molecule has 0 fully saturated rings. The monoisotopic (exact) mass is 393 g/mol. The molecule has 0 aliphatic carbocycles. The lowest BCUT2D eigenvalue weighted by molar-refractivity contribution is -0.115. The van der Waals surface area contributed by atoms with E-state index in [1.165, 1.54) is 0 Å². The normalized spacial score (nSPS) is 10.4. The van der Waals surface area contributed by atoms with Crippen LogP contribution in [0.25, 0.3) is 0 Å². The maximum Gasteiger partial charge on any atom is 0.238 e. The van der Waals surface area contributed by atoms with Gasteiger partial charge in [-0.3, -0.25) is 4.79 Å². The van der Waals surface area contributed by atoms with Crippen LogP contribution < -0.4 is 10.6 Å². The highest BCUT2D eigenvalue weighted by atomic mass is 35.5. The van der Waals surface area contributed by atoms with Gasteiger partial charge in [0.2, 0.25) is 5.91 Å². The molecule has 7 heteroatoms. The number of benzene rings is 2. The maximum atomic E-state index is 12.0. The summed E-state index contributed by atoms with van der Waals surface area (Å²) in [5, 5.41) is 15.4. The van der Waals surface area contributed by atoms with E-state index in [0.29, 0.717) is 29.4 Å². The smallest absolute Gasteiger partial charge is 0.238 e. The van der Waals surface area contributed by atoms with Crippen LogP contribution in [0.2, 0.25) is 5.02 Å². The molecule has 0 bridgehead atoms. The lowest BCUT2D eigenvalue weighted by atomic mass is 10.1. The van der Waals surface area contributed by atoms with Gasteiger partial charge in [0, 0.05) is 42.1 Å². The average molecular weight is 394 g/mol. The third kappa shape index (κ3) is 5.68. The van der Waals surface area contributed by atoms with Crippen LogP contribution in [-0.2, 0) is 17.8 Å². The molecule has 142 valence electrons. The number of amides is 1. The van der Waals surface area contributed by atoms with E-state index in [0.717, 1.165) is 17.7 Å². The van der Waals surface area contributed by atoms with Crippen molar-refractivity contribution in [3.8, 4) is 6.07 Å². The van der Waals surface area contributed by atoms with Gasteiger partial charge in [-0.1, -0.05) is 29.8 Å². The zero-order valence-corrected chi connectivity index (χ0v) is 16.0. The van der Waals surface area contributed by atoms with Crippen molar-refractivity contribution in [2.45, 2.75) is 13.0 Å². The minimum Gasteiger partial charge on any atom is -0.330 e. The van der Waals surface area contributed by atoms with Gasteiger partial charge in [-0.25, -0.2) is 4.98 Å². The standard InChI is InChI=1S/C21H20ClN5O/c22-18-2-1-3-19(10-18)26-21(28)13-24-9-8-20-12-25-15-27(20)14-17-6-4-16(11-23)5-7-17/h1-7,10,12,15,24H,8-9,13-14H2,(H,26,28). The van der Waals surface area contributed by atoms with E-state index in [1.54, 1.807) is 30.6 Å². The largest absolute Gasteiger partial charge is 0.330 e. The first-order valence-electron chi connectivity index (χ1n) is 8.88. The summed E-state index contributed by atoms with van der Waals surface area (Å²) in [6.07, 6.45) is 4.37. The summed E-state index contributed by atoms with van der Waals surface area (Å²) in [5.41, 5.74) is 3.51. The summed E-state index contributed by atoms with van der Waals surface area (Å²) in [6, 6.07) is 16.7. The van der Waals surface area contributed by atoms with E-state index >= 15 is 0 Å². The van der Waals surface area contributed by atoms with Crippen molar-refractivity contribution >= 4 is 23.2 Å². The second-order valence-electron chi connectivity index (χ2n) is 6.31. The zero-order valence-electron chi connectivity index (χ0n) is 15.2. The van der Waals surface area contributed by atoms with Gasteiger partial charge in [-0.05, 0) is 35.9 Å². The molecule has 1 heterocycles. The minimum absolute atomic E-state index is 0.117. The molecule has 2 N–H and O–H groups in total. The number of nitriles is 1. The molecule has 3 aromatic rings. The third-order valence-electron chi connectivity index (χ3n) is 4.19. The van der Waals surface area contributed by atoms with Crippen molar-refractivity contribution in [1.82, 2.24) is 14.9 Å². The summed E-state index contributed by atoms with van der Waals surface area (Å²) in [6.45, 7) is 1.56. The summed E-state index contributed by atoms with van der Waals surface area (Å²) in [7, 11) is 0. The fraction of sp³-hybridized carbons (Fsp3) is 0.190. The van der Waals surface area contributed by atoms with E-state index in [4.69, 9.17) is 16.9 Å². The molecule has 0 aliphatic heterocycles. The van der Waals surface area contributed by atoms with Crippen LogP contribution in [0.3, 0.4) is 0 Å². The Morgan fingerprint density at radius 1 is 1.21 bits per heavy atom. The average Bonchev–Trinajstić information content (AvgIpc) is 3.13. The van der Waals surface area contributed by atoms with Crippen LogP contribution in [0.4, 0.5) is 5.69 Å². The van der Waals surface area contributed by atoms with Gasteiger partial charge in [0.05, 0.1) is 24.5 Å². The first-order valence-corrected chi connectivity index (χ1v) is 9.26. The van der Waals surface area contributed by atoms with Gasteiger partial charge in [-0.15, -0.1) is 0 Å². The molecule has 3 rings (SSSR count). The SMILES string of the molecule is N#Cc1ccc(Cn2cncc2CCNCC(=O)Nc2cccc(Cl)c2)cc1. The number of aromatic nitrogens is 2. The Labute approximate surface area is 168 Å².